The second-order valence-electron chi connectivity index (χ2n) is 10.4. The number of hydrogen-bond donors (Lipinski definition) is 11. The summed E-state index contributed by atoms with van der Waals surface area (Å²) in [5, 5.41) is 13.4. The van der Waals surface area contributed by atoms with Gasteiger partial charge in [0.2, 0.25) is 0 Å². The van der Waals surface area contributed by atoms with E-state index in [1.54, 1.807) is 27.7 Å². The number of aryl methyl sites for hydroxylation is 1. The number of nitrogens with zero attached hydrogens (tertiary/aromatic N) is 2. The van der Waals surface area contributed by atoms with Crippen LogP contribution in [0.4, 0.5) is 22.9 Å². The van der Waals surface area contributed by atoms with Crippen molar-refractivity contribution in [3.8, 4) is 0 Å². The van der Waals surface area contributed by atoms with Gasteiger partial charge in [0.25, 0.3) is 29.5 Å². The minimum atomic E-state index is -0.553. The lowest BCUT2D eigenvalue weighted by Crippen LogP contribution is -2.29. The molecule has 0 spiro atoms. The lowest BCUT2D eigenvalue weighted by Gasteiger charge is -2.07. The third-order valence-electron chi connectivity index (χ3n) is 7.12. The SMILES string of the molecule is C=C(Br)C(=O)Nc1c[nH]c(C(=O)Nc2c[nH]c(C(=O)Nc3c[nH]c(C(=O)Nc4nc(C(=O)NCCN=C(N)N)[nH]c4C)c3C)c2C)c1C. The van der Waals surface area contributed by atoms with Gasteiger partial charge < -0.3 is 58.0 Å². The zero-order valence-electron chi connectivity index (χ0n) is 26.3. The summed E-state index contributed by atoms with van der Waals surface area (Å²) in [6.45, 7) is 10.5. The summed E-state index contributed by atoms with van der Waals surface area (Å²) >= 11 is 3.01. The molecule has 4 aromatic heterocycles. The van der Waals surface area contributed by atoms with Crippen LogP contribution >= 0.6 is 15.9 Å². The van der Waals surface area contributed by atoms with Crippen molar-refractivity contribution in [1.29, 1.82) is 0 Å². The van der Waals surface area contributed by atoms with Gasteiger partial charge in [-0.25, -0.2) is 4.98 Å². The normalized spacial score (nSPS) is 10.6. The maximum Gasteiger partial charge on any atom is 0.287 e. The first-order chi connectivity index (χ1) is 22.7. The fraction of sp³-hybridized carbons (Fsp3) is 0.207. The molecule has 0 unspecified atom stereocenters. The third-order valence-corrected chi connectivity index (χ3v) is 7.48. The lowest BCUT2D eigenvalue weighted by atomic mass is 10.2. The van der Waals surface area contributed by atoms with Gasteiger partial charge in [0.15, 0.2) is 17.6 Å². The molecule has 48 heavy (non-hydrogen) atoms. The largest absolute Gasteiger partial charge is 0.370 e. The van der Waals surface area contributed by atoms with E-state index < -0.39 is 29.5 Å². The van der Waals surface area contributed by atoms with Crippen LogP contribution < -0.4 is 38.1 Å². The molecule has 0 atom stereocenters. The first-order valence-electron chi connectivity index (χ1n) is 14.2. The molecule has 0 bridgehead atoms. The Morgan fingerprint density at radius 2 is 1.23 bits per heavy atom. The lowest BCUT2D eigenvalue weighted by molar-refractivity contribution is -0.112. The second kappa shape index (κ2) is 14.5. The number of aromatic nitrogens is 5. The number of guanidine groups is 1. The number of nitrogens with one attached hydrogen (secondary N) is 9. The molecule has 4 aromatic rings. The van der Waals surface area contributed by atoms with Gasteiger partial charge >= 0.3 is 0 Å². The van der Waals surface area contributed by atoms with Crippen LogP contribution in [0, 0.1) is 27.7 Å². The van der Waals surface area contributed by atoms with Crippen molar-refractivity contribution >= 4 is 74.3 Å². The van der Waals surface area contributed by atoms with Gasteiger partial charge in [-0.05, 0) is 43.6 Å². The number of imidazole rings is 1. The molecule has 0 aliphatic rings. The van der Waals surface area contributed by atoms with E-state index in [-0.39, 0.29) is 52.3 Å². The van der Waals surface area contributed by atoms with Crippen LogP contribution in [0.25, 0.3) is 0 Å². The van der Waals surface area contributed by atoms with E-state index in [1.165, 1.54) is 18.6 Å². The Hall–Kier alpha value is -6.11. The van der Waals surface area contributed by atoms with Crippen molar-refractivity contribution in [1.82, 2.24) is 30.2 Å². The summed E-state index contributed by atoms with van der Waals surface area (Å²) in [4.78, 5) is 82.9. The second-order valence-corrected chi connectivity index (χ2v) is 11.4. The molecule has 4 rings (SSSR count). The first kappa shape index (κ1) is 34.8. The average molecular weight is 725 g/mol. The number of anilines is 4. The molecule has 4 heterocycles. The Morgan fingerprint density at radius 3 is 1.69 bits per heavy atom. The highest BCUT2D eigenvalue weighted by Gasteiger charge is 2.23. The maximum atomic E-state index is 13.2. The van der Waals surface area contributed by atoms with Crippen LogP contribution in [0.3, 0.4) is 0 Å². The Kier molecular flexibility index (Phi) is 10.5. The van der Waals surface area contributed by atoms with E-state index >= 15 is 0 Å². The van der Waals surface area contributed by atoms with Crippen LogP contribution in [-0.4, -0.2) is 73.5 Å². The first-order valence-corrected chi connectivity index (χ1v) is 15.0. The Bertz CT molecular complexity index is 1960. The Morgan fingerprint density at radius 1 is 0.771 bits per heavy atom. The van der Waals surface area contributed by atoms with Gasteiger partial charge in [0, 0.05) is 41.8 Å². The summed E-state index contributed by atoms with van der Waals surface area (Å²) in [5.41, 5.74) is 14.1. The average Bonchev–Trinajstić information content (AvgIpc) is 3.78. The zero-order chi connectivity index (χ0) is 35.3. The van der Waals surface area contributed by atoms with Gasteiger partial charge in [-0.1, -0.05) is 6.58 Å². The fourth-order valence-electron chi connectivity index (χ4n) is 4.44. The van der Waals surface area contributed by atoms with Crippen LogP contribution in [0.5, 0.6) is 0 Å². The quantitative estimate of drug-likeness (QED) is 0.0445. The molecular weight excluding hydrogens is 690 g/mol. The molecule has 0 aliphatic heterocycles. The Balaban J connectivity index is 1.38. The minimum absolute atomic E-state index is 0.0151. The third kappa shape index (κ3) is 7.81. The number of carbonyl (C=O) groups excluding carboxylic acids is 5. The molecule has 0 saturated heterocycles. The van der Waals surface area contributed by atoms with Crippen LogP contribution in [-0.2, 0) is 4.79 Å². The smallest absolute Gasteiger partial charge is 0.287 e. The predicted octanol–water partition coefficient (Wildman–Crippen LogP) is 2.23. The summed E-state index contributed by atoms with van der Waals surface area (Å²) in [5.74, 6) is -2.48. The van der Waals surface area contributed by atoms with Crippen molar-refractivity contribution in [2.24, 2.45) is 16.5 Å². The number of H-pyrrole nitrogens is 4. The van der Waals surface area contributed by atoms with Crippen molar-refractivity contribution in [2.45, 2.75) is 27.7 Å². The van der Waals surface area contributed by atoms with E-state index in [4.69, 9.17) is 11.5 Å². The monoisotopic (exact) mass is 723 g/mol. The van der Waals surface area contributed by atoms with Crippen molar-refractivity contribution in [3.05, 3.63) is 74.9 Å². The van der Waals surface area contributed by atoms with Crippen molar-refractivity contribution in [3.63, 3.8) is 0 Å². The van der Waals surface area contributed by atoms with E-state index in [1.807, 2.05) is 0 Å². The van der Waals surface area contributed by atoms with Gasteiger partial charge in [-0.15, -0.1) is 0 Å². The number of hydrogen-bond acceptors (Lipinski definition) is 7. The molecule has 13 N–H and O–H groups in total. The van der Waals surface area contributed by atoms with E-state index in [0.717, 1.165) is 0 Å². The van der Waals surface area contributed by atoms with E-state index in [0.29, 0.717) is 39.4 Å². The van der Waals surface area contributed by atoms with E-state index in [2.05, 4.69) is 79.0 Å². The molecule has 0 radical (unpaired) electrons. The van der Waals surface area contributed by atoms with Crippen molar-refractivity contribution < 1.29 is 24.0 Å². The molecule has 0 aromatic carbocycles. The van der Waals surface area contributed by atoms with Gasteiger partial charge in [0.1, 0.15) is 17.1 Å². The van der Waals surface area contributed by atoms with Crippen molar-refractivity contribution in [2.75, 3.05) is 34.4 Å². The molecule has 18 nitrogen and oxygen atoms in total. The van der Waals surface area contributed by atoms with Gasteiger partial charge in [-0.2, -0.15) is 0 Å². The fourth-order valence-corrected chi connectivity index (χ4v) is 4.54. The topological polar surface area (TPSA) is 286 Å². The van der Waals surface area contributed by atoms with Crippen LogP contribution in [0.15, 0.2) is 34.6 Å². The number of rotatable bonds is 12. The summed E-state index contributed by atoms with van der Waals surface area (Å²) in [7, 11) is 0. The highest BCUT2D eigenvalue weighted by atomic mass is 79.9. The maximum absolute atomic E-state index is 13.2. The molecular formula is C29H34BrN13O5. The van der Waals surface area contributed by atoms with Gasteiger partial charge in [-0.3, -0.25) is 29.0 Å². The molecule has 19 heteroatoms. The summed E-state index contributed by atoms with van der Waals surface area (Å²) in [6.07, 6.45) is 4.43. The minimum Gasteiger partial charge on any atom is -0.370 e. The highest BCUT2D eigenvalue weighted by Crippen LogP contribution is 2.25. The standard InChI is InChI=1S/C29H34BrN13O5/c1-11-16(39-24(44)14(4)30)8-35-19(11)25(45)40-17-9-36-20(12(17)2)26(46)41-18-10-37-21(13(18)3)27(47)43-22-15(5)38-23(42-22)28(48)33-6-7-34-29(31)32/h8-10,35-37H,4,6-7H2,1-3,5H3,(H,33,48)(H,38,42)(H,39,44)(H,40,45)(H,41,46)(H,43,47)(H4,31,32,34). The summed E-state index contributed by atoms with van der Waals surface area (Å²) < 4.78 is 0.136. The number of aromatic amines is 4. The molecule has 0 aliphatic carbocycles. The summed E-state index contributed by atoms with van der Waals surface area (Å²) in [6, 6.07) is 0. The van der Waals surface area contributed by atoms with E-state index in [9.17, 15) is 24.0 Å². The van der Waals surface area contributed by atoms with Crippen LogP contribution in [0.1, 0.15) is 64.5 Å². The molecule has 5 amide bonds. The number of aliphatic imine (C=N–C) groups is 1. The van der Waals surface area contributed by atoms with Gasteiger partial charge in [0.05, 0.1) is 33.8 Å². The van der Waals surface area contributed by atoms with Crippen LogP contribution in [0.2, 0.25) is 0 Å². The predicted molar refractivity (Wildman–Crippen MR) is 183 cm³/mol. The number of amides is 5. The zero-order valence-corrected chi connectivity index (χ0v) is 27.9. The highest BCUT2D eigenvalue weighted by molar-refractivity contribution is 9.12. The molecule has 0 saturated carbocycles. The Labute approximate surface area is 281 Å². The number of nitrogens with two attached hydrogens (primary N) is 2. The molecule has 0 fully saturated rings. The molecule has 252 valence electrons. The number of halogens is 1. The number of carbonyl (C=O) groups is 5.